The summed E-state index contributed by atoms with van der Waals surface area (Å²) in [5, 5.41) is 2.19. The van der Waals surface area contributed by atoms with E-state index in [-0.39, 0.29) is 10.8 Å². The van der Waals surface area contributed by atoms with Crippen molar-refractivity contribution in [2.75, 3.05) is 0 Å². The molecule has 0 fully saturated rings. The molecule has 3 atom stereocenters. The fraction of sp³-hybridized carbons (Fsp3) is 0.139. The van der Waals surface area contributed by atoms with Crippen LogP contribution in [0, 0.1) is 12.8 Å². The van der Waals surface area contributed by atoms with Crippen LogP contribution in [0.15, 0.2) is 138 Å². The number of aryl methyl sites for hydroxylation is 1. The lowest BCUT2D eigenvalue weighted by molar-refractivity contribution is -0.113. The molecule has 1 N–H and O–H groups in total. The van der Waals surface area contributed by atoms with Crippen LogP contribution < -0.4 is 4.72 Å². The average Bonchev–Trinajstić information content (AvgIpc) is 3.01. The molecule has 4 nitrogen and oxygen atoms in total. The number of rotatable bonds is 7. The quantitative estimate of drug-likeness (QED) is 0.212. The van der Waals surface area contributed by atoms with Gasteiger partial charge in [0, 0.05) is 5.92 Å². The Labute approximate surface area is 241 Å². The van der Waals surface area contributed by atoms with Gasteiger partial charge >= 0.3 is 0 Å². The van der Waals surface area contributed by atoms with Gasteiger partial charge in [0.15, 0.2) is 0 Å². The predicted octanol–water partition coefficient (Wildman–Crippen LogP) is 7.41. The molecule has 0 spiro atoms. The fourth-order valence-corrected chi connectivity index (χ4v) is 7.44. The van der Waals surface area contributed by atoms with Gasteiger partial charge < -0.3 is 4.79 Å². The molecule has 0 bridgehead atoms. The maximum Gasteiger partial charge on any atom is 0.241 e. The SMILES string of the molecule is Cc1ccc(S(=O)(=O)N[C@@]2(c3ccccc3)C=C(c3ccccc3)C[C@H](c3ccc4ccccc4c3)[C@H]2C=O)cc1. The minimum Gasteiger partial charge on any atom is -0.303 e. The summed E-state index contributed by atoms with van der Waals surface area (Å²) in [6.45, 7) is 1.92. The Morgan fingerprint density at radius 3 is 2.07 bits per heavy atom. The first-order valence-corrected chi connectivity index (χ1v) is 15.3. The first-order chi connectivity index (χ1) is 19.9. The van der Waals surface area contributed by atoms with E-state index >= 15 is 0 Å². The number of aldehydes is 1. The van der Waals surface area contributed by atoms with E-state index in [4.69, 9.17) is 0 Å². The third-order valence-corrected chi connectivity index (χ3v) is 9.68. The third kappa shape index (κ3) is 5.15. The Morgan fingerprint density at radius 2 is 1.39 bits per heavy atom. The van der Waals surface area contributed by atoms with E-state index in [1.165, 1.54) is 0 Å². The topological polar surface area (TPSA) is 63.2 Å². The summed E-state index contributed by atoms with van der Waals surface area (Å²) in [6.07, 6.45) is 3.50. The maximum absolute atomic E-state index is 14.1. The van der Waals surface area contributed by atoms with Crippen molar-refractivity contribution in [3.05, 3.63) is 156 Å². The van der Waals surface area contributed by atoms with Crippen molar-refractivity contribution in [1.29, 1.82) is 0 Å². The number of hydrogen-bond donors (Lipinski definition) is 1. The molecule has 0 saturated heterocycles. The first kappa shape index (κ1) is 26.9. The van der Waals surface area contributed by atoms with Gasteiger partial charge in [-0.15, -0.1) is 0 Å². The minimum atomic E-state index is -4.03. The highest BCUT2D eigenvalue weighted by Gasteiger charge is 2.49. The summed E-state index contributed by atoms with van der Waals surface area (Å²) in [5.74, 6) is -0.989. The lowest BCUT2D eigenvalue weighted by atomic mass is 9.63. The molecule has 0 heterocycles. The van der Waals surface area contributed by atoms with E-state index in [0.29, 0.717) is 12.0 Å². The van der Waals surface area contributed by atoms with Gasteiger partial charge in [0.05, 0.1) is 10.4 Å². The normalized spacial score (nSPS) is 20.9. The zero-order valence-electron chi connectivity index (χ0n) is 22.8. The van der Waals surface area contributed by atoms with Crippen LogP contribution in [-0.4, -0.2) is 14.7 Å². The molecule has 5 aromatic carbocycles. The third-order valence-electron chi connectivity index (χ3n) is 8.18. The summed E-state index contributed by atoms with van der Waals surface area (Å²) in [6, 6.07) is 40.7. The van der Waals surface area contributed by atoms with Crippen LogP contribution >= 0.6 is 0 Å². The summed E-state index contributed by atoms with van der Waals surface area (Å²) in [7, 11) is -4.03. The van der Waals surface area contributed by atoms with Crippen LogP contribution in [0.3, 0.4) is 0 Å². The zero-order valence-corrected chi connectivity index (χ0v) is 23.6. The number of allylic oxidation sites excluding steroid dienone is 1. The number of benzene rings is 5. The second-order valence-electron chi connectivity index (χ2n) is 10.8. The fourth-order valence-electron chi connectivity index (χ4n) is 6.08. The van der Waals surface area contributed by atoms with E-state index in [9.17, 15) is 13.2 Å². The molecule has 0 saturated carbocycles. The number of fused-ring (bicyclic) bond motifs is 1. The van der Waals surface area contributed by atoms with Crippen molar-refractivity contribution in [2.45, 2.75) is 29.7 Å². The van der Waals surface area contributed by atoms with E-state index in [2.05, 4.69) is 35.1 Å². The molecule has 0 radical (unpaired) electrons. The monoisotopic (exact) mass is 557 g/mol. The Bertz CT molecular complexity index is 1830. The molecular weight excluding hydrogens is 526 g/mol. The Morgan fingerprint density at radius 1 is 0.756 bits per heavy atom. The van der Waals surface area contributed by atoms with E-state index in [1.807, 2.05) is 85.8 Å². The molecule has 5 heteroatoms. The van der Waals surface area contributed by atoms with Crippen LogP contribution in [0.4, 0.5) is 0 Å². The molecule has 41 heavy (non-hydrogen) atoms. The van der Waals surface area contributed by atoms with Gasteiger partial charge in [-0.05, 0) is 64.4 Å². The van der Waals surface area contributed by atoms with Gasteiger partial charge in [0.1, 0.15) is 6.29 Å². The number of carbonyl (C=O) groups excluding carboxylic acids is 1. The molecule has 6 rings (SSSR count). The predicted molar refractivity (Wildman–Crippen MR) is 165 cm³/mol. The standard InChI is InChI=1S/C36H31NO3S/c1-26-16-20-33(21-17-26)41(39,40)37-36(32-14-6-3-7-15-32)24-31(27-10-4-2-5-11-27)23-34(35(36)25-38)30-19-18-28-12-8-9-13-29(28)22-30/h2-22,24-25,34-35,37H,23H2,1H3/t34-,35-,36-/m1/s1. The lowest BCUT2D eigenvalue weighted by Crippen LogP contribution is -2.53. The van der Waals surface area contributed by atoms with Crippen LogP contribution in [0.1, 0.15) is 34.6 Å². The lowest BCUT2D eigenvalue weighted by Gasteiger charge is -2.45. The summed E-state index contributed by atoms with van der Waals surface area (Å²) in [5.41, 5.74) is 3.33. The number of nitrogens with one attached hydrogen (secondary N) is 1. The Hall–Kier alpha value is -4.32. The highest BCUT2D eigenvalue weighted by atomic mass is 32.2. The molecule has 204 valence electrons. The summed E-state index contributed by atoms with van der Waals surface area (Å²) < 4.78 is 31.2. The molecule has 0 amide bonds. The first-order valence-electron chi connectivity index (χ1n) is 13.8. The van der Waals surface area contributed by atoms with Crippen molar-refractivity contribution < 1.29 is 13.2 Å². The van der Waals surface area contributed by atoms with Crippen molar-refractivity contribution in [3.8, 4) is 0 Å². The van der Waals surface area contributed by atoms with Gasteiger partial charge in [-0.25, -0.2) is 8.42 Å². The smallest absolute Gasteiger partial charge is 0.241 e. The van der Waals surface area contributed by atoms with Crippen molar-refractivity contribution >= 4 is 32.7 Å². The molecule has 1 aliphatic carbocycles. The highest BCUT2D eigenvalue weighted by molar-refractivity contribution is 7.89. The zero-order chi connectivity index (χ0) is 28.5. The number of carbonyl (C=O) groups is 1. The van der Waals surface area contributed by atoms with Crippen LogP contribution in [-0.2, 0) is 20.4 Å². The van der Waals surface area contributed by atoms with Crippen LogP contribution in [0.2, 0.25) is 0 Å². The van der Waals surface area contributed by atoms with E-state index in [0.717, 1.165) is 39.3 Å². The number of sulfonamides is 1. The van der Waals surface area contributed by atoms with Crippen molar-refractivity contribution in [2.24, 2.45) is 5.92 Å². The largest absolute Gasteiger partial charge is 0.303 e. The van der Waals surface area contributed by atoms with Crippen LogP contribution in [0.25, 0.3) is 16.3 Å². The van der Waals surface area contributed by atoms with Gasteiger partial charge in [-0.1, -0.05) is 127 Å². The van der Waals surface area contributed by atoms with Crippen LogP contribution in [0.5, 0.6) is 0 Å². The molecule has 1 aliphatic rings. The van der Waals surface area contributed by atoms with Crippen molar-refractivity contribution in [3.63, 3.8) is 0 Å². The highest BCUT2D eigenvalue weighted by Crippen LogP contribution is 2.50. The summed E-state index contributed by atoms with van der Waals surface area (Å²) >= 11 is 0. The van der Waals surface area contributed by atoms with E-state index < -0.39 is 21.5 Å². The van der Waals surface area contributed by atoms with Gasteiger partial charge in [0.25, 0.3) is 0 Å². The Balaban J connectivity index is 1.60. The van der Waals surface area contributed by atoms with Crippen molar-refractivity contribution in [1.82, 2.24) is 4.72 Å². The van der Waals surface area contributed by atoms with E-state index in [1.54, 1.807) is 24.3 Å². The molecule has 0 unspecified atom stereocenters. The van der Waals surface area contributed by atoms with Gasteiger partial charge in [0.2, 0.25) is 10.0 Å². The Kier molecular flexibility index (Phi) is 7.16. The molecule has 0 aromatic heterocycles. The molecular formula is C36H31NO3S. The minimum absolute atomic E-state index is 0.158. The number of hydrogen-bond acceptors (Lipinski definition) is 3. The van der Waals surface area contributed by atoms with Gasteiger partial charge in [-0.2, -0.15) is 4.72 Å². The molecule has 5 aromatic rings. The second-order valence-corrected chi connectivity index (χ2v) is 12.5. The maximum atomic E-state index is 14.1. The van der Waals surface area contributed by atoms with Gasteiger partial charge in [-0.3, -0.25) is 0 Å². The second kappa shape index (κ2) is 10.9. The molecule has 0 aliphatic heterocycles. The summed E-state index contributed by atoms with van der Waals surface area (Å²) in [4.78, 5) is 13.4. The average molecular weight is 558 g/mol.